The fraction of sp³-hybridized carbons (Fsp3) is 0.333. The maximum absolute atomic E-state index is 13.3. The van der Waals surface area contributed by atoms with E-state index in [4.69, 9.17) is 4.74 Å². The average Bonchev–Trinajstić information content (AvgIpc) is 2.98. The largest absolute Gasteiger partial charge is 0.443 e. The summed E-state index contributed by atoms with van der Waals surface area (Å²) >= 11 is 0. The number of carbonyl (C=O) groups excluding carboxylic acids is 4. The molecule has 0 spiro atoms. The number of Topliss-reactive ketones (excluding diaryl/α,β-unsaturated/α-hetero) is 2. The summed E-state index contributed by atoms with van der Waals surface area (Å²) in [4.78, 5) is 51.1. The third-order valence-corrected chi connectivity index (χ3v) is 7.41. The predicted octanol–water partition coefficient (Wildman–Crippen LogP) is 5.92. The molecule has 3 amide bonds. The monoisotopic (exact) mass is 588 g/mol. The molecular formula is C33H37FN4O5. The van der Waals surface area contributed by atoms with Gasteiger partial charge in [0.1, 0.15) is 11.9 Å². The van der Waals surface area contributed by atoms with Gasteiger partial charge < -0.3 is 15.4 Å². The molecule has 1 saturated heterocycles. The van der Waals surface area contributed by atoms with Gasteiger partial charge in [-0.05, 0) is 94.1 Å². The van der Waals surface area contributed by atoms with Crippen LogP contribution in [0.5, 0.6) is 0 Å². The van der Waals surface area contributed by atoms with Gasteiger partial charge in [0.15, 0.2) is 11.6 Å². The fourth-order valence-corrected chi connectivity index (χ4v) is 5.07. The number of ketones is 2. The van der Waals surface area contributed by atoms with Gasteiger partial charge in [-0.15, -0.1) is 0 Å². The summed E-state index contributed by atoms with van der Waals surface area (Å²) < 4.78 is 19.0. The van der Waals surface area contributed by atoms with E-state index in [1.807, 2.05) is 12.1 Å². The first-order valence-corrected chi connectivity index (χ1v) is 14.4. The van der Waals surface area contributed by atoms with E-state index in [1.165, 1.54) is 26.0 Å². The molecule has 1 aliphatic heterocycles. The third kappa shape index (κ3) is 10.0. The molecule has 0 aliphatic carbocycles. The number of benzene rings is 3. The zero-order valence-electron chi connectivity index (χ0n) is 24.4. The van der Waals surface area contributed by atoms with Gasteiger partial charge in [-0.3, -0.25) is 19.8 Å². The lowest BCUT2D eigenvalue weighted by molar-refractivity contribution is 0.0676. The molecule has 1 atom stereocenters. The van der Waals surface area contributed by atoms with Crippen molar-refractivity contribution in [2.45, 2.75) is 39.2 Å². The Labute approximate surface area is 250 Å². The maximum Gasteiger partial charge on any atom is 0.412 e. The lowest BCUT2D eigenvalue weighted by Gasteiger charge is -2.34. The number of carbonyl (C=O) groups is 4. The summed E-state index contributed by atoms with van der Waals surface area (Å²) in [6, 6.07) is 19.3. The van der Waals surface area contributed by atoms with E-state index in [0.29, 0.717) is 35.0 Å². The van der Waals surface area contributed by atoms with Crippen LogP contribution in [-0.2, 0) is 11.2 Å². The Morgan fingerprint density at radius 1 is 0.860 bits per heavy atom. The van der Waals surface area contributed by atoms with Crippen LogP contribution in [0, 0.1) is 11.7 Å². The molecule has 43 heavy (non-hydrogen) atoms. The third-order valence-electron chi connectivity index (χ3n) is 7.41. The summed E-state index contributed by atoms with van der Waals surface area (Å²) in [5.74, 6) is -0.0136. The Morgan fingerprint density at radius 3 is 2.02 bits per heavy atom. The highest BCUT2D eigenvalue weighted by molar-refractivity contribution is 5.97. The summed E-state index contributed by atoms with van der Waals surface area (Å²) in [5, 5.41) is 8.15. The molecule has 3 N–H and O–H groups in total. The first kappa shape index (κ1) is 31.4. The number of halogens is 1. The zero-order chi connectivity index (χ0) is 30.8. The number of nitrogens with one attached hydrogen (secondary N) is 3. The predicted molar refractivity (Wildman–Crippen MR) is 163 cm³/mol. The van der Waals surface area contributed by atoms with Crippen LogP contribution < -0.4 is 16.0 Å². The minimum absolute atomic E-state index is 0.0502. The molecule has 0 aromatic heterocycles. The normalized spacial score (nSPS) is 14.4. The fourth-order valence-electron chi connectivity index (χ4n) is 5.07. The molecule has 4 rings (SSSR count). The van der Waals surface area contributed by atoms with Gasteiger partial charge in [0.2, 0.25) is 0 Å². The summed E-state index contributed by atoms with van der Waals surface area (Å²) in [5.41, 5.74) is 2.94. The van der Waals surface area contributed by atoms with Crippen LogP contribution >= 0.6 is 0 Å². The first-order chi connectivity index (χ1) is 20.6. The number of hydrogen-bond acceptors (Lipinski definition) is 6. The molecule has 226 valence electrons. The average molecular weight is 589 g/mol. The second kappa shape index (κ2) is 15.1. The zero-order valence-corrected chi connectivity index (χ0v) is 24.4. The van der Waals surface area contributed by atoms with E-state index in [9.17, 15) is 23.6 Å². The number of amides is 3. The molecule has 0 radical (unpaired) electrons. The van der Waals surface area contributed by atoms with E-state index in [0.717, 1.165) is 37.9 Å². The lowest BCUT2D eigenvalue weighted by Crippen LogP contribution is -2.46. The highest BCUT2D eigenvalue weighted by atomic mass is 19.1. The van der Waals surface area contributed by atoms with Crippen molar-refractivity contribution in [3.05, 3.63) is 95.3 Å². The van der Waals surface area contributed by atoms with Crippen LogP contribution in [-0.4, -0.2) is 60.9 Å². The second-order valence-corrected chi connectivity index (χ2v) is 10.8. The van der Waals surface area contributed by atoms with Crippen molar-refractivity contribution in [1.29, 1.82) is 0 Å². The van der Waals surface area contributed by atoms with Crippen molar-refractivity contribution < 1.29 is 28.3 Å². The van der Waals surface area contributed by atoms with Crippen LogP contribution in [0.25, 0.3) is 0 Å². The van der Waals surface area contributed by atoms with Gasteiger partial charge in [0.25, 0.3) is 0 Å². The summed E-state index contributed by atoms with van der Waals surface area (Å²) in [6.45, 7) is 4.94. The first-order valence-electron chi connectivity index (χ1n) is 14.4. The highest BCUT2D eigenvalue weighted by Crippen LogP contribution is 2.22. The van der Waals surface area contributed by atoms with Crippen molar-refractivity contribution in [2.75, 3.05) is 36.8 Å². The Kier molecular flexibility index (Phi) is 11.0. The Hall–Kier alpha value is -4.57. The van der Waals surface area contributed by atoms with Crippen LogP contribution in [0.15, 0.2) is 72.8 Å². The van der Waals surface area contributed by atoms with Crippen molar-refractivity contribution in [3.63, 3.8) is 0 Å². The highest BCUT2D eigenvalue weighted by Gasteiger charge is 2.25. The summed E-state index contributed by atoms with van der Waals surface area (Å²) in [7, 11) is 0. The van der Waals surface area contributed by atoms with Crippen LogP contribution in [0.4, 0.5) is 25.4 Å². The summed E-state index contributed by atoms with van der Waals surface area (Å²) in [6.07, 6.45) is 1.39. The number of anilines is 2. The van der Waals surface area contributed by atoms with Crippen molar-refractivity contribution in [3.8, 4) is 0 Å². The number of piperidine rings is 1. The van der Waals surface area contributed by atoms with Crippen LogP contribution in [0.2, 0.25) is 0 Å². The quantitative estimate of drug-likeness (QED) is 0.239. The van der Waals surface area contributed by atoms with Crippen molar-refractivity contribution >= 4 is 35.1 Å². The van der Waals surface area contributed by atoms with Crippen molar-refractivity contribution in [2.24, 2.45) is 5.92 Å². The smallest absolute Gasteiger partial charge is 0.412 e. The topological polar surface area (TPSA) is 117 Å². The van der Waals surface area contributed by atoms with E-state index >= 15 is 0 Å². The number of urea groups is 1. The number of likely N-dealkylation sites (tertiary alicyclic amines) is 1. The van der Waals surface area contributed by atoms with Gasteiger partial charge in [0, 0.05) is 29.0 Å². The molecule has 0 saturated carbocycles. The molecule has 3 aromatic rings. The van der Waals surface area contributed by atoms with Gasteiger partial charge in [-0.2, -0.15) is 0 Å². The van der Waals surface area contributed by atoms with Gasteiger partial charge in [-0.1, -0.05) is 36.4 Å². The second-order valence-electron chi connectivity index (χ2n) is 10.8. The SMILES string of the molecule is CC(=O)c1cccc(NC(=O)NC[C@H](CN2CCC(Cc3ccc(F)cc3)CC2)OC(=O)Nc2cccc(C(C)=O)c2)c1. The van der Waals surface area contributed by atoms with E-state index in [1.54, 1.807) is 48.5 Å². The maximum atomic E-state index is 13.3. The van der Waals surface area contributed by atoms with E-state index < -0.39 is 18.2 Å². The number of hydrogen-bond donors (Lipinski definition) is 3. The van der Waals surface area contributed by atoms with Gasteiger partial charge in [-0.25, -0.2) is 14.0 Å². The molecule has 10 heteroatoms. The van der Waals surface area contributed by atoms with Gasteiger partial charge in [0.05, 0.1) is 6.54 Å². The molecule has 0 bridgehead atoms. The van der Waals surface area contributed by atoms with Crippen molar-refractivity contribution in [1.82, 2.24) is 10.2 Å². The Balaban J connectivity index is 1.35. The van der Waals surface area contributed by atoms with Crippen LogP contribution in [0.1, 0.15) is 53.0 Å². The molecule has 9 nitrogen and oxygen atoms in total. The van der Waals surface area contributed by atoms with E-state index in [-0.39, 0.29) is 23.9 Å². The molecular weight excluding hydrogens is 551 g/mol. The minimum Gasteiger partial charge on any atom is -0.443 e. The molecule has 1 fully saturated rings. The van der Waals surface area contributed by atoms with E-state index in [2.05, 4.69) is 20.9 Å². The molecule has 1 aliphatic rings. The minimum atomic E-state index is -0.701. The number of ether oxygens (including phenoxy) is 1. The Morgan fingerprint density at radius 2 is 1.44 bits per heavy atom. The molecule has 3 aromatic carbocycles. The number of rotatable bonds is 11. The molecule has 1 heterocycles. The van der Waals surface area contributed by atoms with Gasteiger partial charge >= 0.3 is 12.1 Å². The lowest BCUT2D eigenvalue weighted by atomic mass is 9.90. The number of nitrogens with zero attached hydrogens (tertiary/aromatic N) is 1. The molecule has 0 unspecified atom stereocenters. The Bertz CT molecular complexity index is 1440. The standard InChI is InChI=1S/C33H37FN4O5/c1-22(39)26-5-3-7-29(18-26)36-32(41)35-20-31(43-33(42)37-30-8-4-6-27(19-30)23(2)40)21-38-15-13-25(14-16-38)17-24-9-11-28(34)12-10-24/h3-12,18-19,25,31H,13-17,20-21H2,1-2H3,(H,37,42)(H2,35,36,41)/t31-/m1/s1. The van der Waals surface area contributed by atoms with Crippen LogP contribution in [0.3, 0.4) is 0 Å².